The zero-order valence-electron chi connectivity index (χ0n) is 14.1. The number of carboxylic acids is 1. The molecule has 0 saturated heterocycles. The average Bonchev–Trinajstić information content (AvgIpc) is 3.25. The third kappa shape index (κ3) is 4.10. The Bertz CT molecular complexity index is 631. The van der Waals surface area contributed by atoms with E-state index in [1.807, 2.05) is 12.2 Å². The molecule has 0 heterocycles. The first-order valence-corrected chi connectivity index (χ1v) is 8.72. The predicted octanol–water partition coefficient (Wildman–Crippen LogP) is 2.64. The number of hydrogen-bond donors (Lipinski definition) is 2. The molecular weight excluding hydrogens is 320 g/mol. The van der Waals surface area contributed by atoms with Gasteiger partial charge in [0.15, 0.2) is 0 Å². The molecule has 0 aromatic heterocycles. The van der Waals surface area contributed by atoms with Crippen molar-refractivity contribution in [2.45, 2.75) is 25.7 Å². The summed E-state index contributed by atoms with van der Waals surface area (Å²) in [5.41, 5.74) is 0.432. The molecular formula is C20H24O5. The van der Waals surface area contributed by atoms with Gasteiger partial charge in [0.1, 0.15) is 0 Å². The molecule has 0 aromatic carbocycles. The number of aliphatic hydroxyl groups excluding tert-OH is 1. The maximum Gasteiger partial charge on any atom is 0.306 e. The van der Waals surface area contributed by atoms with Gasteiger partial charge in [-0.05, 0) is 18.8 Å². The van der Waals surface area contributed by atoms with Crippen LogP contribution in [0.25, 0.3) is 0 Å². The fourth-order valence-electron chi connectivity index (χ4n) is 3.53. The molecule has 0 amide bonds. The van der Waals surface area contributed by atoms with Crippen LogP contribution in [0.2, 0.25) is 0 Å². The molecule has 2 fully saturated rings. The number of ether oxygens (including phenoxy) is 1. The van der Waals surface area contributed by atoms with Crippen molar-refractivity contribution >= 4 is 11.9 Å². The van der Waals surface area contributed by atoms with E-state index >= 15 is 0 Å². The van der Waals surface area contributed by atoms with E-state index in [1.165, 1.54) is 0 Å². The van der Waals surface area contributed by atoms with Crippen LogP contribution in [0.15, 0.2) is 48.6 Å². The van der Waals surface area contributed by atoms with Gasteiger partial charge in [0, 0.05) is 23.4 Å². The summed E-state index contributed by atoms with van der Waals surface area (Å²) in [4.78, 5) is 21.4. The summed E-state index contributed by atoms with van der Waals surface area (Å²) in [6.07, 6.45) is 18.7. The number of hydrogen-bond acceptors (Lipinski definition) is 4. The van der Waals surface area contributed by atoms with Crippen LogP contribution in [-0.2, 0) is 14.3 Å². The highest BCUT2D eigenvalue weighted by atomic mass is 16.5. The van der Waals surface area contributed by atoms with Gasteiger partial charge in [-0.3, -0.25) is 9.59 Å². The Kier molecular flexibility index (Phi) is 4.95. The highest BCUT2D eigenvalue weighted by Gasteiger charge is 2.51. The van der Waals surface area contributed by atoms with E-state index < -0.39 is 11.9 Å². The molecule has 0 bridgehead atoms. The molecule has 0 aromatic rings. The Hall–Kier alpha value is -2.14. The fourth-order valence-corrected chi connectivity index (χ4v) is 3.53. The number of esters is 1. The first-order valence-electron chi connectivity index (χ1n) is 8.72. The SMILES string of the molecule is O=C(O)CCC(=O)OCC1CC12C=CC=C2.OCC1CC12C=CC=C2. The summed E-state index contributed by atoms with van der Waals surface area (Å²) in [5, 5.41) is 17.2. The molecule has 134 valence electrons. The number of carboxylic acid groups (broad SMARTS) is 1. The van der Waals surface area contributed by atoms with Gasteiger partial charge >= 0.3 is 11.9 Å². The number of rotatable bonds is 6. The molecule has 4 aliphatic carbocycles. The van der Waals surface area contributed by atoms with E-state index in [9.17, 15) is 9.59 Å². The lowest BCUT2D eigenvalue weighted by molar-refractivity contribution is -0.148. The normalized spacial score (nSPS) is 27.4. The number of carbonyl (C=O) groups excluding carboxylic acids is 1. The number of carbonyl (C=O) groups is 2. The van der Waals surface area contributed by atoms with E-state index in [0.717, 1.165) is 12.8 Å². The fraction of sp³-hybridized carbons (Fsp3) is 0.500. The van der Waals surface area contributed by atoms with Crippen molar-refractivity contribution in [3.8, 4) is 0 Å². The summed E-state index contributed by atoms with van der Waals surface area (Å²) in [5.74, 6) is -0.499. The number of aliphatic carboxylic acids is 1. The highest BCUT2D eigenvalue weighted by Crippen LogP contribution is 2.57. The maximum absolute atomic E-state index is 11.2. The standard InChI is InChI=1S/C12H14O4.C8H10O/c13-10(14)3-4-11(15)16-8-9-7-12(9)5-1-2-6-12;9-6-7-5-8(7)3-1-2-4-8/h1-2,5-6,9H,3-4,7-8H2,(H,13,14);1-4,7,9H,5-6H2. The van der Waals surface area contributed by atoms with Crippen LogP contribution < -0.4 is 0 Å². The minimum absolute atomic E-state index is 0.0409. The summed E-state index contributed by atoms with van der Waals surface area (Å²) in [7, 11) is 0. The Morgan fingerprint density at radius 3 is 1.92 bits per heavy atom. The summed E-state index contributed by atoms with van der Waals surface area (Å²) in [6.45, 7) is 0.738. The van der Waals surface area contributed by atoms with Crippen molar-refractivity contribution in [1.29, 1.82) is 0 Å². The molecule has 2 atom stereocenters. The lowest BCUT2D eigenvalue weighted by Crippen LogP contribution is -2.11. The van der Waals surface area contributed by atoms with E-state index in [1.54, 1.807) is 0 Å². The predicted molar refractivity (Wildman–Crippen MR) is 92.6 cm³/mol. The third-order valence-corrected chi connectivity index (χ3v) is 5.46. The smallest absolute Gasteiger partial charge is 0.306 e. The van der Waals surface area contributed by atoms with E-state index in [2.05, 4.69) is 36.5 Å². The van der Waals surface area contributed by atoms with Crippen LogP contribution in [0.5, 0.6) is 0 Å². The zero-order valence-corrected chi connectivity index (χ0v) is 14.1. The van der Waals surface area contributed by atoms with E-state index in [-0.39, 0.29) is 18.3 Å². The van der Waals surface area contributed by atoms with Crippen molar-refractivity contribution in [2.75, 3.05) is 13.2 Å². The minimum atomic E-state index is -0.971. The molecule has 5 nitrogen and oxygen atoms in total. The second-order valence-electron chi connectivity index (χ2n) is 7.22. The van der Waals surface area contributed by atoms with Gasteiger partial charge in [0.05, 0.1) is 19.4 Å². The van der Waals surface area contributed by atoms with Crippen molar-refractivity contribution in [3.05, 3.63) is 48.6 Å². The largest absolute Gasteiger partial charge is 0.481 e. The molecule has 5 heteroatoms. The Morgan fingerprint density at radius 1 is 0.920 bits per heavy atom. The molecule has 0 aliphatic heterocycles. The molecule has 25 heavy (non-hydrogen) atoms. The van der Waals surface area contributed by atoms with Gasteiger partial charge in [-0.25, -0.2) is 0 Å². The van der Waals surface area contributed by atoms with Crippen molar-refractivity contribution in [2.24, 2.45) is 22.7 Å². The molecule has 2 unspecified atom stereocenters. The van der Waals surface area contributed by atoms with Crippen LogP contribution in [0.3, 0.4) is 0 Å². The summed E-state index contributed by atoms with van der Waals surface area (Å²) >= 11 is 0. The number of aliphatic hydroxyl groups is 1. The van der Waals surface area contributed by atoms with Gasteiger partial charge in [-0.2, -0.15) is 0 Å². The molecule has 0 radical (unpaired) electrons. The quantitative estimate of drug-likeness (QED) is 0.724. The van der Waals surface area contributed by atoms with E-state index in [4.69, 9.17) is 14.9 Å². The van der Waals surface area contributed by atoms with Gasteiger partial charge in [0.2, 0.25) is 0 Å². The Morgan fingerprint density at radius 2 is 1.44 bits per heavy atom. The lowest BCUT2D eigenvalue weighted by atomic mass is 10.1. The Labute approximate surface area is 147 Å². The molecule has 4 aliphatic rings. The monoisotopic (exact) mass is 344 g/mol. The van der Waals surface area contributed by atoms with Gasteiger partial charge < -0.3 is 14.9 Å². The van der Waals surface area contributed by atoms with Crippen molar-refractivity contribution in [3.63, 3.8) is 0 Å². The second kappa shape index (κ2) is 7.00. The first-order chi connectivity index (χ1) is 12.0. The Balaban J connectivity index is 0.000000170. The molecule has 2 spiro atoms. The minimum Gasteiger partial charge on any atom is -0.481 e. The third-order valence-electron chi connectivity index (χ3n) is 5.46. The number of allylic oxidation sites excluding steroid dienone is 8. The van der Waals surface area contributed by atoms with Crippen LogP contribution in [0.4, 0.5) is 0 Å². The topological polar surface area (TPSA) is 83.8 Å². The molecule has 4 rings (SSSR count). The zero-order chi connectivity index (χ0) is 17.9. The van der Waals surface area contributed by atoms with Gasteiger partial charge in [0.25, 0.3) is 0 Å². The first kappa shape index (κ1) is 17.7. The van der Waals surface area contributed by atoms with Crippen molar-refractivity contribution < 1.29 is 24.5 Å². The van der Waals surface area contributed by atoms with Crippen LogP contribution in [0.1, 0.15) is 25.7 Å². The van der Waals surface area contributed by atoms with Crippen LogP contribution in [0, 0.1) is 22.7 Å². The van der Waals surface area contributed by atoms with Crippen LogP contribution in [-0.4, -0.2) is 35.4 Å². The highest BCUT2D eigenvalue weighted by molar-refractivity contribution is 5.76. The molecule has 2 saturated carbocycles. The molecule has 2 N–H and O–H groups in total. The van der Waals surface area contributed by atoms with Crippen LogP contribution >= 0.6 is 0 Å². The van der Waals surface area contributed by atoms with Gasteiger partial charge in [-0.15, -0.1) is 0 Å². The summed E-state index contributed by atoms with van der Waals surface area (Å²) in [6, 6.07) is 0. The maximum atomic E-state index is 11.2. The lowest BCUT2D eigenvalue weighted by Gasteiger charge is -2.05. The van der Waals surface area contributed by atoms with E-state index in [0.29, 0.717) is 30.5 Å². The summed E-state index contributed by atoms with van der Waals surface area (Å²) < 4.78 is 5.03. The van der Waals surface area contributed by atoms with Gasteiger partial charge in [-0.1, -0.05) is 48.6 Å². The second-order valence-corrected chi connectivity index (χ2v) is 7.22. The average molecular weight is 344 g/mol. The van der Waals surface area contributed by atoms with Crippen molar-refractivity contribution in [1.82, 2.24) is 0 Å².